The molecule has 0 aromatic heterocycles. The van der Waals surface area contributed by atoms with Crippen molar-refractivity contribution in [3.8, 4) is 0 Å². The molecule has 1 amide bonds. The molecule has 0 aliphatic rings. The number of hydrogen-bond acceptors (Lipinski definition) is 4. The van der Waals surface area contributed by atoms with Gasteiger partial charge >= 0.3 is 0 Å². The summed E-state index contributed by atoms with van der Waals surface area (Å²) in [6.45, 7) is 3.89. The van der Waals surface area contributed by atoms with Gasteiger partial charge in [-0.15, -0.1) is 0 Å². The molecule has 29 heavy (non-hydrogen) atoms. The number of anilines is 2. The Morgan fingerprint density at radius 1 is 1.03 bits per heavy atom. The maximum Gasteiger partial charge on any atom is 0.279 e. The summed E-state index contributed by atoms with van der Waals surface area (Å²) in [5.74, 6) is -0.153. The van der Waals surface area contributed by atoms with Gasteiger partial charge in [0, 0.05) is 33.8 Å². The minimum absolute atomic E-state index is 0.146. The summed E-state index contributed by atoms with van der Waals surface area (Å²) in [4.78, 5) is 15.8. The van der Waals surface area contributed by atoms with Crippen LogP contribution < -0.4 is 15.1 Å². The minimum Gasteiger partial charge on any atom is -0.376 e. The van der Waals surface area contributed by atoms with E-state index in [0.29, 0.717) is 12.2 Å². The Labute approximate surface area is 174 Å². The van der Waals surface area contributed by atoms with Gasteiger partial charge in [-0.2, -0.15) is 0 Å². The van der Waals surface area contributed by atoms with Crippen LogP contribution in [0.25, 0.3) is 0 Å². The van der Waals surface area contributed by atoms with Crippen molar-refractivity contribution in [2.24, 2.45) is 0 Å². The normalized spacial score (nSPS) is 12.6. The number of rotatable bonds is 9. The molecule has 0 fully saturated rings. The number of hydrogen-bond donors (Lipinski definition) is 2. The molecule has 0 aliphatic carbocycles. The van der Waals surface area contributed by atoms with Gasteiger partial charge in [0.15, 0.2) is 6.54 Å². The fourth-order valence-corrected chi connectivity index (χ4v) is 3.92. The topological polar surface area (TPSA) is 74.2 Å². The molecule has 2 aromatic carbocycles. The summed E-state index contributed by atoms with van der Waals surface area (Å²) in [5, 5.41) is 2.91. The van der Waals surface area contributed by atoms with Gasteiger partial charge in [0.05, 0.1) is 22.8 Å². The molecule has 7 nitrogen and oxygen atoms in total. The third kappa shape index (κ3) is 6.03. The van der Waals surface area contributed by atoms with E-state index >= 15 is 0 Å². The Bertz CT molecular complexity index is 928. The van der Waals surface area contributed by atoms with Crippen LogP contribution in [-0.2, 0) is 21.4 Å². The largest absolute Gasteiger partial charge is 0.376 e. The summed E-state index contributed by atoms with van der Waals surface area (Å²) in [6, 6.07) is 14.8. The molecule has 0 spiro atoms. The number of carbonyl (C=O) groups is 1. The maximum atomic E-state index is 12.7. The average Bonchev–Trinajstić information content (AvgIpc) is 2.67. The van der Waals surface area contributed by atoms with E-state index in [1.54, 1.807) is 12.1 Å². The second-order valence-electron chi connectivity index (χ2n) is 7.35. The first kappa shape index (κ1) is 22.9. The number of likely N-dealkylation sites (N-methyl/N-ethyl adjacent to an activating group) is 1. The van der Waals surface area contributed by atoms with Crippen LogP contribution in [0.5, 0.6) is 0 Å². The molecule has 158 valence electrons. The average molecular weight is 420 g/mol. The SMILES string of the molecule is CC[NH+](CC(=O)Nc1cc(S(=O)(=O)N(C)C)ccc1N(C)C)Cc1ccccc1. The molecule has 0 saturated heterocycles. The van der Waals surface area contributed by atoms with E-state index in [9.17, 15) is 13.2 Å². The molecule has 0 aliphatic heterocycles. The molecule has 0 saturated carbocycles. The highest BCUT2D eigenvalue weighted by molar-refractivity contribution is 7.89. The molecule has 0 radical (unpaired) electrons. The first-order chi connectivity index (χ1) is 13.6. The summed E-state index contributed by atoms with van der Waals surface area (Å²) in [7, 11) is 3.09. The molecule has 1 atom stereocenters. The van der Waals surface area contributed by atoms with Crippen molar-refractivity contribution in [1.29, 1.82) is 0 Å². The molecular weight excluding hydrogens is 388 g/mol. The second kappa shape index (κ2) is 9.87. The Kier molecular flexibility index (Phi) is 7.78. The monoisotopic (exact) mass is 419 g/mol. The van der Waals surface area contributed by atoms with Crippen LogP contribution in [0.1, 0.15) is 12.5 Å². The summed E-state index contributed by atoms with van der Waals surface area (Å²) in [6.07, 6.45) is 0. The molecule has 2 aromatic rings. The van der Waals surface area contributed by atoms with Gasteiger partial charge in [-0.25, -0.2) is 12.7 Å². The molecule has 0 heterocycles. The van der Waals surface area contributed by atoms with Crippen molar-refractivity contribution in [3.63, 3.8) is 0 Å². The lowest BCUT2D eigenvalue weighted by Gasteiger charge is -2.21. The maximum absolute atomic E-state index is 12.7. The third-order valence-corrected chi connectivity index (χ3v) is 6.52. The quantitative estimate of drug-likeness (QED) is 0.637. The zero-order valence-corrected chi connectivity index (χ0v) is 18.6. The predicted molar refractivity (Wildman–Crippen MR) is 117 cm³/mol. The number of benzene rings is 2. The lowest BCUT2D eigenvalue weighted by Crippen LogP contribution is -3.11. The molecule has 2 N–H and O–H groups in total. The van der Waals surface area contributed by atoms with Crippen molar-refractivity contribution in [3.05, 3.63) is 54.1 Å². The standard InChI is InChI=1S/C21H30N4O3S/c1-6-25(15-17-10-8-7-9-11-17)16-21(26)22-19-14-18(29(27,28)24(4)5)12-13-20(19)23(2)3/h7-14H,6,15-16H2,1-5H3,(H,22,26)/p+1. The van der Waals surface area contributed by atoms with E-state index < -0.39 is 10.0 Å². The number of carbonyl (C=O) groups excluding carboxylic acids is 1. The zero-order chi connectivity index (χ0) is 21.6. The van der Waals surface area contributed by atoms with Crippen molar-refractivity contribution in [1.82, 2.24) is 4.31 Å². The zero-order valence-electron chi connectivity index (χ0n) is 17.8. The van der Waals surface area contributed by atoms with Crippen molar-refractivity contribution in [2.75, 3.05) is 51.5 Å². The summed E-state index contributed by atoms with van der Waals surface area (Å²) >= 11 is 0. The highest BCUT2D eigenvalue weighted by atomic mass is 32.2. The molecule has 0 bridgehead atoms. The Hall–Kier alpha value is -2.42. The fourth-order valence-electron chi connectivity index (χ4n) is 3.00. The molecule has 2 rings (SSSR count). The smallest absolute Gasteiger partial charge is 0.279 e. The Morgan fingerprint density at radius 3 is 2.24 bits per heavy atom. The molecular formula is C21H31N4O3S+. The van der Waals surface area contributed by atoms with Crippen LogP contribution in [0.15, 0.2) is 53.4 Å². The second-order valence-corrected chi connectivity index (χ2v) is 9.50. The van der Waals surface area contributed by atoms with E-state index in [-0.39, 0.29) is 10.8 Å². The number of nitrogens with zero attached hydrogens (tertiary/aromatic N) is 2. The van der Waals surface area contributed by atoms with Crippen LogP contribution in [0, 0.1) is 0 Å². The van der Waals surface area contributed by atoms with Crippen molar-refractivity contribution < 1.29 is 18.1 Å². The number of nitrogens with one attached hydrogen (secondary N) is 2. The first-order valence-corrected chi connectivity index (χ1v) is 11.0. The van der Waals surface area contributed by atoms with Crippen LogP contribution in [0.3, 0.4) is 0 Å². The van der Waals surface area contributed by atoms with Gasteiger partial charge in [-0.3, -0.25) is 4.79 Å². The van der Waals surface area contributed by atoms with Crippen LogP contribution in [0.4, 0.5) is 11.4 Å². The lowest BCUT2D eigenvalue weighted by molar-refractivity contribution is -0.903. The lowest BCUT2D eigenvalue weighted by atomic mass is 10.2. The van der Waals surface area contributed by atoms with Gasteiger partial charge in [0.25, 0.3) is 5.91 Å². The minimum atomic E-state index is -3.59. The summed E-state index contributed by atoms with van der Waals surface area (Å²) < 4.78 is 26.1. The van der Waals surface area contributed by atoms with Gasteiger partial charge in [-0.05, 0) is 25.1 Å². The van der Waals surface area contributed by atoms with E-state index in [2.05, 4.69) is 5.32 Å². The Balaban J connectivity index is 2.21. The first-order valence-electron chi connectivity index (χ1n) is 9.56. The molecule has 1 unspecified atom stereocenters. The van der Waals surface area contributed by atoms with Gasteiger partial charge in [-0.1, -0.05) is 30.3 Å². The van der Waals surface area contributed by atoms with Crippen molar-refractivity contribution >= 4 is 27.3 Å². The van der Waals surface area contributed by atoms with Gasteiger partial charge in [0.1, 0.15) is 6.54 Å². The fraction of sp³-hybridized carbons (Fsp3) is 0.381. The van der Waals surface area contributed by atoms with E-state index in [4.69, 9.17) is 0 Å². The Morgan fingerprint density at radius 2 is 1.69 bits per heavy atom. The number of sulfonamides is 1. The highest BCUT2D eigenvalue weighted by Crippen LogP contribution is 2.28. The van der Waals surface area contributed by atoms with Crippen LogP contribution in [-0.4, -0.2) is 59.9 Å². The van der Waals surface area contributed by atoms with E-state index in [1.165, 1.54) is 25.7 Å². The number of amides is 1. The third-order valence-electron chi connectivity index (χ3n) is 4.71. The highest BCUT2D eigenvalue weighted by Gasteiger charge is 2.21. The van der Waals surface area contributed by atoms with Crippen molar-refractivity contribution in [2.45, 2.75) is 18.4 Å². The molecule has 8 heteroatoms. The van der Waals surface area contributed by atoms with Gasteiger partial charge in [0.2, 0.25) is 10.0 Å². The van der Waals surface area contributed by atoms with Crippen LogP contribution >= 0.6 is 0 Å². The predicted octanol–water partition coefficient (Wildman–Crippen LogP) is 1.05. The van der Waals surface area contributed by atoms with E-state index in [1.807, 2.05) is 56.3 Å². The number of quaternary nitrogens is 1. The van der Waals surface area contributed by atoms with E-state index in [0.717, 1.165) is 28.0 Å². The van der Waals surface area contributed by atoms with Crippen LogP contribution in [0.2, 0.25) is 0 Å². The van der Waals surface area contributed by atoms with Gasteiger partial charge < -0.3 is 15.1 Å². The summed E-state index contributed by atoms with van der Waals surface area (Å²) in [5.41, 5.74) is 2.40.